The predicted molar refractivity (Wildman–Crippen MR) is 139 cm³/mol. The quantitative estimate of drug-likeness (QED) is 0.363. The summed E-state index contributed by atoms with van der Waals surface area (Å²) in [7, 11) is 1.56. The fourth-order valence-electron chi connectivity index (χ4n) is 3.80. The minimum atomic E-state index is -0.757. The van der Waals surface area contributed by atoms with Crippen molar-refractivity contribution < 1.29 is 23.4 Å². The number of rotatable bonds is 7. The molecule has 184 valence electrons. The van der Waals surface area contributed by atoms with Crippen LogP contribution >= 0.6 is 43.2 Å². The predicted octanol–water partition coefficient (Wildman–Crippen LogP) is 4.32. The van der Waals surface area contributed by atoms with Crippen LogP contribution in [0, 0.1) is 0 Å². The molecule has 1 unspecified atom stereocenters. The van der Waals surface area contributed by atoms with Crippen LogP contribution in [0.25, 0.3) is 6.08 Å². The SMILES string of the molecule is CCOC(=O)C1=C(C)N=c2s/c(=C/c3cc(Br)c(Br)o3)c(=O)n2C1c1ccc(OC)c(OCC)c1. The summed E-state index contributed by atoms with van der Waals surface area (Å²) in [4.78, 5) is 31.7. The van der Waals surface area contributed by atoms with Gasteiger partial charge in [0.2, 0.25) is 0 Å². The highest BCUT2D eigenvalue weighted by Crippen LogP contribution is 2.36. The van der Waals surface area contributed by atoms with Crippen LogP contribution < -0.4 is 24.4 Å². The van der Waals surface area contributed by atoms with Gasteiger partial charge in [0.05, 0.1) is 46.6 Å². The Morgan fingerprint density at radius 3 is 2.63 bits per heavy atom. The molecule has 35 heavy (non-hydrogen) atoms. The van der Waals surface area contributed by atoms with Gasteiger partial charge in [-0.3, -0.25) is 9.36 Å². The van der Waals surface area contributed by atoms with Gasteiger partial charge < -0.3 is 18.6 Å². The van der Waals surface area contributed by atoms with Crippen LogP contribution in [0.1, 0.15) is 38.1 Å². The van der Waals surface area contributed by atoms with Crippen LogP contribution in [-0.4, -0.2) is 30.9 Å². The van der Waals surface area contributed by atoms with Crippen LogP contribution in [0.5, 0.6) is 11.5 Å². The molecule has 8 nitrogen and oxygen atoms in total. The summed E-state index contributed by atoms with van der Waals surface area (Å²) >= 11 is 7.91. The maximum Gasteiger partial charge on any atom is 0.338 e. The van der Waals surface area contributed by atoms with Crippen LogP contribution in [0.2, 0.25) is 0 Å². The number of nitrogens with zero attached hydrogens (tertiary/aromatic N) is 2. The Labute approximate surface area is 221 Å². The number of carbonyl (C=O) groups excluding carboxylic acids is 1. The number of carbonyl (C=O) groups is 1. The Hall–Kier alpha value is -2.63. The molecule has 1 atom stereocenters. The molecular formula is C24H22Br2N2O6S. The zero-order valence-electron chi connectivity index (χ0n) is 19.4. The average Bonchev–Trinajstić information content (AvgIpc) is 3.30. The molecule has 1 aromatic carbocycles. The fraction of sp³-hybridized carbons (Fsp3) is 0.292. The van der Waals surface area contributed by atoms with Crippen molar-refractivity contribution >= 4 is 55.2 Å². The van der Waals surface area contributed by atoms with Gasteiger partial charge in [0.1, 0.15) is 5.76 Å². The molecule has 3 heterocycles. The van der Waals surface area contributed by atoms with E-state index in [4.69, 9.17) is 18.6 Å². The second kappa shape index (κ2) is 10.5. The first-order valence-electron chi connectivity index (χ1n) is 10.7. The van der Waals surface area contributed by atoms with Crippen LogP contribution in [-0.2, 0) is 9.53 Å². The first-order valence-corrected chi connectivity index (χ1v) is 13.1. The summed E-state index contributed by atoms with van der Waals surface area (Å²) in [6.45, 7) is 5.97. The molecule has 4 rings (SSSR count). The number of hydrogen-bond donors (Lipinski definition) is 0. The minimum Gasteiger partial charge on any atom is -0.493 e. The topological polar surface area (TPSA) is 92.3 Å². The van der Waals surface area contributed by atoms with E-state index < -0.39 is 12.0 Å². The van der Waals surface area contributed by atoms with Gasteiger partial charge in [-0.2, -0.15) is 0 Å². The molecule has 3 aromatic rings. The molecule has 0 radical (unpaired) electrons. The molecule has 1 aliphatic rings. The van der Waals surface area contributed by atoms with E-state index in [1.54, 1.807) is 45.2 Å². The van der Waals surface area contributed by atoms with Gasteiger partial charge in [0.15, 0.2) is 21.0 Å². The first-order chi connectivity index (χ1) is 16.8. The van der Waals surface area contributed by atoms with Crippen LogP contribution in [0.4, 0.5) is 0 Å². The summed E-state index contributed by atoms with van der Waals surface area (Å²) in [5, 5.41) is 0. The Balaban J connectivity index is 1.96. The monoisotopic (exact) mass is 624 g/mol. The summed E-state index contributed by atoms with van der Waals surface area (Å²) in [6.07, 6.45) is 1.65. The smallest absolute Gasteiger partial charge is 0.338 e. The molecular weight excluding hydrogens is 604 g/mol. The van der Waals surface area contributed by atoms with E-state index in [-0.39, 0.29) is 12.2 Å². The van der Waals surface area contributed by atoms with Crippen molar-refractivity contribution in [3.05, 3.63) is 75.7 Å². The van der Waals surface area contributed by atoms with Crippen molar-refractivity contribution in [3.8, 4) is 11.5 Å². The third-order valence-corrected chi connectivity index (χ3v) is 7.95. The average molecular weight is 626 g/mol. The lowest BCUT2D eigenvalue weighted by Gasteiger charge is -2.25. The van der Waals surface area contributed by atoms with Crippen molar-refractivity contribution in [1.82, 2.24) is 4.57 Å². The fourth-order valence-corrected chi connectivity index (χ4v) is 5.44. The Morgan fingerprint density at radius 1 is 1.23 bits per heavy atom. The lowest BCUT2D eigenvalue weighted by Crippen LogP contribution is -2.39. The molecule has 0 N–H and O–H groups in total. The van der Waals surface area contributed by atoms with E-state index >= 15 is 0 Å². The maximum absolute atomic E-state index is 13.6. The number of fused-ring (bicyclic) bond motifs is 1. The Bertz CT molecular complexity index is 1480. The van der Waals surface area contributed by atoms with Gasteiger partial charge >= 0.3 is 5.97 Å². The number of allylic oxidation sites excluding steroid dienone is 1. The molecule has 2 aromatic heterocycles. The van der Waals surface area contributed by atoms with Crippen molar-refractivity contribution in [2.45, 2.75) is 26.8 Å². The highest BCUT2D eigenvalue weighted by molar-refractivity contribution is 9.13. The zero-order chi connectivity index (χ0) is 25.3. The lowest BCUT2D eigenvalue weighted by atomic mass is 9.95. The van der Waals surface area contributed by atoms with Gasteiger partial charge in [-0.1, -0.05) is 17.4 Å². The van der Waals surface area contributed by atoms with E-state index in [1.807, 2.05) is 13.0 Å². The number of methoxy groups -OCH3 is 1. The molecule has 11 heteroatoms. The summed E-state index contributed by atoms with van der Waals surface area (Å²) in [6, 6.07) is 6.34. The van der Waals surface area contributed by atoms with Crippen LogP contribution in [0.3, 0.4) is 0 Å². The highest BCUT2D eigenvalue weighted by atomic mass is 79.9. The number of ether oxygens (including phenoxy) is 3. The van der Waals surface area contributed by atoms with Crippen molar-refractivity contribution in [1.29, 1.82) is 0 Å². The molecule has 0 fully saturated rings. The standard InChI is InChI=1S/C24H22Br2N2O6S/c1-5-32-17-9-13(7-8-16(17)31-4)20-19(23(30)33-6-2)12(3)27-24-28(20)22(29)18(35-24)11-14-10-15(25)21(26)34-14/h7-11,20H,5-6H2,1-4H3/b18-11+. The summed E-state index contributed by atoms with van der Waals surface area (Å²) in [5.74, 6) is 1.03. The normalized spacial score (nSPS) is 15.6. The molecule has 0 bridgehead atoms. The Kier molecular flexibility index (Phi) is 7.67. The molecule has 1 aliphatic heterocycles. The number of halogens is 2. The van der Waals surface area contributed by atoms with Crippen molar-refractivity contribution in [3.63, 3.8) is 0 Å². The van der Waals surface area contributed by atoms with Crippen LogP contribution in [0.15, 0.2) is 58.9 Å². The molecule has 0 spiro atoms. The number of benzene rings is 1. The number of aromatic nitrogens is 1. The Morgan fingerprint density at radius 2 is 2.00 bits per heavy atom. The van der Waals surface area contributed by atoms with Gasteiger partial charge in [-0.25, -0.2) is 9.79 Å². The second-order valence-electron chi connectivity index (χ2n) is 7.42. The zero-order valence-corrected chi connectivity index (χ0v) is 23.4. The van der Waals surface area contributed by atoms with E-state index in [2.05, 4.69) is 36.9 Å². The number of furan rings is 1. The third-order valence-electron chi connectivity index (χ3n) is 5.26. The van der Waals surface area contributed by atoms with E-state index in [1.165, 1.54) is 15.9 Å². The molecule has 0 saturated heterocycles. The largest absolute Gasteiger partial charge is 0.493 e. The minimum absolute atomic E-state index is 0.196. The van der Waals surface area contributed by atoms with E-state index in [9.17, 15) is 9.59 Å². The third kappa shape index (κ3) is 4.89. The summed E-state index contributed by atoms with van der Waals surface area (Å²) < 4.78 is 25.3. The first kappa shape index (κ1) is 25.5. The maximum atomic E-state index is 13.6. The van der Waals surface area contributed by atoms with Crippen molar-refractivity contribution in [2.24, 2.45) is 4.99 Å². The van der Waals surface area contributed by atoms with Gasteiger partial charge in [-0.15, -0.1) is 0 Å². The lowest BCUT2D eigenvalue weighted by molar-refractivity contribution is -0.139. The molecule has 0 aliphatic carbocycles. The van der Waals surface area contributed by atoms with Gasteiger partial charge in [0.25, 0.3) is 5.56 Å². The number of hydrogen-bond acceptors (Lipinski definition) is 8. The number of esters is 1. The van der Waals surface area contributed by atoms with E-state index in [0.717, 1.165) is 4.47 Å². The van der Waals surface area contributed by atoms with Crippen molar-refractivity contribution in [2.75, 3.05) is 20.3 Å². The van der Waals surface area contributed by atoms with Gasteiger partial charge in [-0.05, 0) is 76.4 Å². The summed E-state index contributed by atoms with van der Waals surface area (Å²) in [5.41, 5.74) is 1.15. The number of thiazole rings is 1. The second-order valence-corrected chi connectivity index (χ2v) is 10.00. The van der Waals surface area contributed by atoms with Gasteiger partial charge in [0, 0.05) is 6.08 Å². The highest BCUT2D eigenvalue weighted by Gasteiger charge is 2.34. The van der Waals surface area contributed by atoms with E-state index in [0.29, 0.717) is 54.7 Å². The molecule has 0 saturated carbocycles. The molecule has 0 amide bonds.